The Bertz CT molecular complexity index is 1250. The van der Waals surface area contributed by atoms with Crippen LogP contribution in [-0.2, 0) is 10.9 Å². The highest BCUT2D eigenvalue weighted by Gasteiger charge is 2.32. The molecule has 1 aliphatic heterocycles. The summed E-state index contributed by atoms with van der Waals surface area (Å²) in [5.41, 5.74) is 1.50. The van der Waals surface area contributed by atoms with Crippen LogP contribution in [-0.4, -0.2) is 50.7 Å². The Balaban J connectivity index is 1.65. The number of halogens is 3. The second-order valence-electron chi connectivity index (χ2n) is 7.58. The number of H-pyrrole nitrogens is 1. The summed E-state index contributed by atoms with van der Waals surface area (Å²) in [7, 11) is 0. The summed E-state index contributed by atoms with van der Waals surface area (Å²) in [4.78, 5) is 22.6. The van der Waals surface area contributed by atoms with Crippen LogP contribution in [0.2, 0.25) is 0 Å². The summed E-state index contributed by atoms with van der Waals surface area (Å²) in [6.45, 7) is 3.82. The summed E-state index contributed by atoms with van der Waals surface area (Å²) in [6, 6.07) is 7.94. The lowest BCUT2D eigenvalue weighted by molar-refractivity contribution is -0.141. The Kier molecular flexibility index (Phi) is 5.01. The summed E-state index contributed by atoms with van der Waals surface area (Å²) < 4.78 is 44.4. The summed E-state index contributed by atoms with van der Waals surface area (Å²) in [6.07, 6.45) is 0.150. The number of aromatic nitrogens is 5. The molecule has 0 radical (unpaired) electrons. The molecule has 0 aromatic carbocycles. The Hall–Kier alpha value is -3.53. The molecule has 7 nitrogen and oxygen atoms in total. The number of rotatable bonds is 3. The zero-order valence-electron chi connectivity index (χ0n) is 17.1. The molecule has 1 unspecified atom stereocenters. The molecular formula is C22H19F3N6O. The van der Waals surface area contributed by atoms with Crippen molar-refractivity contribution in [1.29, 1.82) is 0 Å². The maximum absolute atomic E-state index is 13.0. The van der Waals surface area contributed by atoms with E-state index in [0.29, 0.717) is 48.3 Å². The molecule has 4 aromatic rings. The van der Waals surface area contributed by atoms with Crippen molar-refractivity contribution in [3.63, 3.8) is 0 Å². The van der Waals surface area contributed by atoms with E-state index < -0.39 is 11.9 Å². The van der Waals surface area contributed by atoms with E-state index in [0.717, 1.165) is 17.0 Å². The minimum atomic E-state index is -4.50. The fraction of sp³-hybridized carbons (Fsp3) is 0.273. The molecule has 1 atom stereocenters. The molecule has 0 spiro atoms. The maximum atomic E-state index is 13.0. The number of hydrogen-bond acceptors (Lipinski definition) is 6. The fourth-order valence-electron chi connectivity index (χ4n) is 3.79. The van der Waals surface area contributed by atoms with Crippen molar-refractivity contribution in [3.05, 3.63) is 54.6 Å². The lowest BCUT2D eigenvalue weighted by Crippen LogP contribution is -2.44. The third-order valence-corrected chi connectivity index (χ3v) is 5.43. The number of hydrogen-bond donors (Lipinski definition) is 1. The lowest BCUT2D eigenvalue weighted by atomic mass is 10.1. The van der Waals surface area contributed by atoms with Gasteiger partial charge in [-0.2, -0.15) is 13.2 Å². The molecule has 0 bridgehead atoms. The van der Waals surface area contributed by atoms with Gasteiger partial charge in [0.2, 0.25) is 0 Å². The molecule has 1 aliphatic rings. The molecule has 5 heterocycles. The first kappa shape index (κ1) is 20.4. The maximum Gasteiger partial charge on any atom is 0.433 e. The van der Waals surface area contributed by atoms with Crippen LogP contribution < -0.4 is 4.90 Å². The third kappa shape index (κ3) is 3.77. The van der Waals surface area contributed by atoms with Gasteiger partial charge in [-0.05, 0) is 31.2 Å². The second-order valence-corrected chi connectivity index (χ2v) is 7.58. The molecule has 32 heavy (non-hydrogen) atoms. The standard InChI is InChI=1S/C22H19F3N6O/c1-13-12-32-9-8-31(13)19-10-17(14-2-3-18(28-11-14)22(23,24)25)29-21(30-19)16-5-7-27-20-15(16)4-6-26-20/h2-7,10-11,13H,8-9,12H2,1H3,(H,26,27). The van der Waals surface area contributed by atoms with Gasteiger partial charge in [-0.1, -0.05) is 0 Å². The molecule has 164 valence electrons. The highest BCUT2D eigenvalue weighted by atomic mass is 19.4. The summed E-state index contributed by atoms with van der Waals surface area (Å²) in [5, 5.41) is 0.858. The largest absolute Gasteiger partial charge is 0.433 e. The van der Waals surface area contributed by atoms with Gasteiger partial charge < -0.3 is 14.6 Å². The van der Waals surface area contributed by atoms with Crippen LogP contribution >= 0.6 is 0 Å². The number of nitrogens with zero attached hydrogens (tertiary/aromatic N) is 5. The van der Waals surface area contributed by atoms with Crippen molar-refractivity contribution >= 4 is 16.9 Å². The number of aromatic amines is 1. The monoisotopic (exact) mass is 440 g/mol. The van der Waals surface area contributed by atoms with Gasteiger partial charge in [-0.3, -0.25) is 4.98 Å². The second kappa shape index (κ2) is 7.86. The van der Waals surface area contributed by atoms with Gasteiger partial charge in [0.05, 0.1) is 24.9 Å². The van der Waals surface area contributed by atoms with E-state index in [1.165, 1.54) is 12.3 Å². The lowest BCUT2D eigenvalue weighted by Gasteiger charge is -2.34. The van der Waals surface area contributed by atoms with Crippen LogP contribution in [0.4, 0.5) is 19.0 Å². The van der Waals surface area contributed by atoms with E-state index in [1.807, 2.05) is 19.1 Å². The van der Waals surface area contributed by atoms with E-state index in [2.05, 4.69) is 24.8 Å². The molecule has 1 saturated heterocycles. The van der Waals surface area contributed by atoms with Crippen LogP contribution in [0.3, 0.4) is 0 Å². The molecule has 5 rings (SSSR count). The highest BCUT2D eigenvalue weighted by Crippen LogP contribution is 2.32. The number of ether oxygens (including phenoxy) is 1. The molecule has 0 aliphatic carbocycles. The minimum absolute atomic E-state index is 0.0924. The van der Waals surface area contributed by atoms with Crippen molar-refractivity contribution in [2.24, 2.45) is 0 Å². The van der Waals surface area contributed by atoms with Gasteiger partial charge in [0.15, 0.2) is 5.82 Å². The molecule has 1 N–H and O–H groups in total. The van der Waals surface area contributed by atoms with E-state index in [9.17, 15) is 13.2 Å². The predicted octanol–water partition coefficient (Wildman–Crippen LogP) is 4.33. The first-order valence-corrected chi connectivity index (χ1v) is 10.1. The van der Waals surface area contributed by atoms with Crippen LogP contribution in [0.15, 0.2) is 48.9 Å². The van der Waals surface area contributed by atoms with Crippen molar-refractivity contribution in [3.8, 4) is 22.6 Å². The number of nitrogens with one attached hydrogen (secondary N) is 1. The molecule has 1 fully saturated rings. The van der Waals surface area contributed by atoms with Crippen molar-refractivity contribution in [2.45, 2.75) is 19.1 Å². The normalized spacial score (nSPS) is 17.1. The van der Waals surface area contributed by atoms with Crippen LogP contribution in [0.25, 0.3) is 33.7 Å². The first-order valence-electron chi connectivity index (χ1n) is 10.1. The quantitative estimate of drug-likeness (QED) is 0.511. The minimum Gasteiger partial charge on any atom is -0.377 e. The van der Waals surface area contributed by atoms with E-state index in [1.54, 1.807) is 18.5 Å². The summed E-state index contributed by atoms with van der Waals surface area (Å²) >= 11 is 0. The van der Waals surface area contributed by atoms with Crippen molar-refractivity contribution in [1.82, 2.24) is 24.9 Å². The topological polar surface area (TPSA) is 79.8 Å². The molecule has 10 heteroatoms. The van der Waals surface area contributed by atoms with Crippen LogP contribution in [0.5, 0.6) is 0 Å². The zero-order chi connectivity index (χ0) is 22.3. The number of fused-ring (bicyclic) bond motifs is 1. The Morgan fingerprint density at radius 1 is 1.12 bits per heavy atom. The average Bonchev–Trinajstić information content (AvgIpc) is 3.28. The van der Waals surface area contributed by atoms with Crippen molar-refractivity contribution in [2.75, 3.05) is 24.7 Å². The molecule has 0 saturated carbocycles. The van der Waals surface area contributed by atoms with Crippen molar-refractivity contribution < 1.29 is 17.9 Å². The highest BCUT2D eigenvalue weighted by molar-refractivity contribution is 5.91. The SMILES string of the molecule is CC1COCCN1c1cc(-c2ccc(C(F)(F)F)nc2)nc(-c2ccnc3[nH]ccc23)n1. The van der Waals surface area contributed by atoms with Gasteiger partial charge in [0.25, 0.3) is 0 Å². The van der Waals surface area contributed by atoms with Gasteiger partial charge in [-0.15, -0.1) is 0 Å². The Morgan fingerprint density at radius 3 is 2.75 bits per heavy atom. The Labute approximate surface area is 181 Å². The van der Waals surface area contributed by atoms with Crippen LogP contribution in [0, 0.1) is 0 Å². The molecular weight excluding hydrogens is 421 g/mol. The molecule has 0 amide bonds. The predicted molar refractivity (Wildman–Crippen MR) is 113 cm³/mol. The smallest absolute Gasteiger partial charge is 0.377 e. The molecule has 4 aromatic heterocycles. The van der Waals surface area contributed by atoms with Gasteiger partial charge in [0.1, 0.15) is 17.2 Å². The van der Waals surface area contributed by atoms with Gasteiger partial charge in [0, 0.05) is 47.7 Å². The fourth-order valence-corrected chi connectivity index (χ4v) is 3.79. The third-order valence-electron chi connectivity index (χ3n) is 5.43. The number of morpholine rings is 1. The van der Waals surface area contributed by atoms with E-state index in [-0.39, 0.29) is 6.04 Å². The summed E-state index contributed by atoms with van der Waals surface area (Å²) in [5.74, 6) is 1.14. The zero-order valence-corrected chi connectivity index (χ0v) is 17.1. The van der Waals surface area contributed by atoms with Gasteiger partial charge in [-0.25, -0.2) is 15.0 Å². The number of anilines is 1. The van der Waals surface area contributed by atoms with Crippen LogP contribution in [0.1, 0.15) is 12.6 Å². The van der Waals surface area contributed by atoms with E-state index in [4.69, 9.17) is 9.72 Å². The van der Waals surface area contributed by atoms with Gasteiger partial charge >= 0.3 is 6.18 Å². The number of pyridine rings is 2. The average molecular weight is 440 g/mol. The Morgan fingerprint density at radius 2 is 2.00 bits per heavy atom. The first-order chi connectivity index (χ1) is 15.4. The van der Waals surface area contributed by atoms with E-state index >= 15 is 0 Å². The number of alkyl halides is 3.